The number of β-amino-alcohol motifs (C(OH)–C–C–N with tert-alkyl or cyclic N) is 1. The molecule has 0 spiro atoms. The Kier molecular flexibility index (Phi) is 5.59. The van der Waals surface area contributed by atoms with E-state index in [0.717, 1.165) is 11.3 Å². The Hall–Kier alpha value is -2.47. The van der Waals surface area contributed by atoms with Gasteiger partial charge in [-0.3, -0.25) is 0 Å². The lowest BCUT2D eigenvalue weighted by Crippen LogP contribution is -2.34. The summed E-state index contributed by atoms with van der Waals surface area (Å²) in [5.74, 6) is 0. The second-order valence-electron chi connectivity index (χ2n) is 8.84. The number of imidazole rings is 1. The number of pyridine rings is 1. The molecular formula is C23H25ClN4O6. The molecule has 3 aliphatic rings. The number of anilines is 1. The first kappa shape index (κ1) is 22.0. The zero-order valence-electron chi connectivity index (χ0n) is 18.4. The van der Waals surface area contributed by atoms with E-state index in [0.29, 0.717) is 47.6 Å². The summed E-state index contributed by atoms with van der Waals surface area (Å²) in [6.45, 7) is 1.71. The van der Waals surface area contributed by atoms with Crippen LogP contribution in [0.1, 0.15) is 0 Å². The van der Waals surface area contributed by atoms with Crippen LogP contribution in [-0.2, 0) is 14.2 Å². The minimum Gasteiger partial charge on any atom is -0.456 e. The lowest BCUT2D eigenvalue weighted by Gasteiger charge is -2.18. The third-order valence-electron chi connectivity index (χ3n) is 6.70. The lowest BCUT2D eigenvalue weighted by molar-refractivity contribution is 0.00706. The Morgan fingerprint density at radius 3 is 2.59 bits per heavy atom. The van der Waals surface area contributed by atoms with E-state index in [9.17, 15) is 10.2 Å². The zero-order valence-corrected chi connectivity index (χ0v) is 19.2. The van der Waals surface area contributed by atoms with Crippen LogP contribution in [0.3, 0.4) is 0 Å². The summed E-state index contributed by atoms with van der Waals surface area (Å²) in [6, 6.07) is 9.93. The predicted octanol–water partition coefficient (Wildman–Crippen LogP) is 1.38. The van der Waals surface area contributed by atoms with Crippen molar-refractivity contribution in [3.05, 3.63) is 35.4 Å². The molecule has 3 aliphatic heterocycles. The van der Waals surface area contributed by atoms with Gasteiger partial charge in [0.05, 0.1) is 35.6 Å². The highest BCUT2D eigenvalue weighted by Gasteiger charge is 2.48. The van der Waals surface area contributed by atoms with Crippen LogP contribution in [0.15, 0.2) is 30.3 Å². The van der Waals surface area contributed by atoms with Crippen molar-refractivity contribution >= 4 is 28.5 Å². The SMILES string of the molecule is CO[C@H]1CN(c2ccc(-c3nc4nc(O[C@@H]5COC6C5OC[C@H]6O)[nH]c4cc3Cl)cc2)C[C@@H]1O. The van der Waals surface area contributed by atoms with Gasteiger partial charge in [-0.25, -0.2) is 4.98 Å². The molecule has 6 atom stereocenters. The average molecular weight is 489 g/mol. The third kappa shape index (κ3) is 3.80. The highest BCUT2D eigenvalue weighted by Crippen LogP contribution is 2.33. The first-order chi connectivity index (χ1) is 16.5. The Bertz CT molecular complexity index is 1190. The van der Waals surface area contributed by atoms with Gasteiger partial charge >= 0.3 is 0 Å². The van der Waals surface area contributed by atoms with Crippen molar-refractivity contribution in [2.24, 2.45) is 0 Å². The number of methoxy groups -OCH3 is 1. The molecular weight excluding hydrogens is 464 g/mol. The molecule has 3 N–H and O–H groups in total. The van der Waals surface area contributed by atoms with Crippen LogP contribution in [0.4, 0.5) is 5.69 Å². The predicted molar refractivity (Wildman–Crippen MR) is 123 cm³/mol. The smallest absolute Gasteiger partial charge is 0.296 e. The van der Waals surface area contributed by atoms with Gasteiger partial charge in [0.25, 0.3) is 6.01 Å². The number of aliphatic hydroxyl groups is 2. The zero-order chi connectivity index (χ0) is 23.4. The summed E-state index contributed by atoms with van der Waals surface area (Å²) >= 11 is 6.55. The molecule has 3 fully saturated rings. The van der Waals surface area contributed by atoms with E-state index in [1.807, 2.05) is 24.3 Å². The fourth-order valence-electron chi connectivity index (χ4n) is 4.87. The van der Waals surface area contributed by atoms with Gasteiger partial charge in [0.2, 0.25) is 0 Å². The highest BCUT2D eigenvalue weighted by atomic mass is 35.5. The molecule has 0 aliphatic carbocycles. The van der Waals surface area contributed by atoms with Gasteiger partial charge in [-0.15, -0.1) is 0 Å². The number of nitrogens with zero attached hydrogens (tertiary/aromatic N) is 3. The number of ether oxygens (including phenoxy) is 4. The second kappa shape index (κ2) is 8.63. The number of fused-ring (bicyclic) bond motifs is 2. The number of aromatic nitrogens is 3. The topological polar surface area (TPSA) is 122 Å². The quantitative estimate of drug-likeness (QED) is 0.488. The third-order valence-corrected chi connectivity index (χ3v) is 6.98. The van der Waals surface area contributed by atoms with Gasteiger partial charge in [-0.2, -0.15) is 4.98 Å². The Balaban J connectivity index is 1.21. The number of nitrogens with one attached hydrogen (secondary N) is 1. The van der Waals surface area contributed by atoms with E-state index in [-0.39, 0.29) is 31.0 Å². The van der Waals surface area contributed by atoms with Gasteiger partial charge in [0.1, 0.15) is 24.4 Å². The first-order valence-electron chi connectivity index (χ1n) is 11.2. The van der Waals surface area contributed by atoms with E-state index in [2.05, 4.69) is 19.9 Å². The monoisotopic (exact) mass is 488 g/mol. The van der Waals surface area contributed by atoms with Gasteiger partial charge in [-0.05, 0) is 18.2 Å². The van der Waals surface area contributed by atoms with E-state index >= 15 is 0 Å². The molecule has 0 saturated carbocycles. The number of hydrogen-bond acceptors (Lipinski definition) is 9. The summed E-state index contributed by atoms with van der Waals surface area (Å²) in [7, 11) is 1.61. The lowest BCUT2D eigenvalue weighted by atomic mass is 10.1. The maximum Gasteiger partial charge on any atom is 0.296 e. The van der Waals surface area contributed by atoms with E-state index < -0.39 is 12.2 Å². The van der Waals surface area contributed by atoms with Crippen molar-refractivity contribution in [3.63, 3.8) is 0 Å². The minimum absolute atomic E-state index is 0.193. The number of aliphatic hydroxyl groups excluding tert-OH is 2. The standard InChI is InChI=1S/C23H25ClN4O6/c1-31-17-8-28(7-15(17)29)12-4-2-11(3-5-12)19-13(24)6-14-22(26-19)27-23(25-14)34-18-10-33-20-16(30)9-32-21(18)20/h2-6,15-18,20-21,29-30H,7-10H2,1H3,(H,25,26,27)/t15-,16+,17-,18+,20?,21?/m0/s1. The Morgan fingerprint density at radius 2 is 1.82 bits per heavy atom. The van der Waals surface area contributed by atoms with Crippen molar-refractivity contribution < 1.29 is 29.2 Å². The molecule has 180 valence electrons. The second-order valence-corrected chi connectivity index (χ2v) is 9.25. The van der Waals surface area contributed by atoms with Crippen LogP contribution in [-0.4, -0.2) is 95.2 Å². The number of halogens is 1. The molecule has 0 radical (unpaired) electrons. The fourth-order valence-corrected chi connectivity index (χ4v) is 5.13. The number of hydrogen-bond donors (Lipinski definition) is 3. The summed E-state index contributed by atoms with van der Waals surface area (Å²) < 4.78 is 22.5. The summed E-state index contributed by atoms with van der Waals surface area (Å²) in [5, 5.41) is 20.5. The van der Waals surface area contributed by atoms with E-state index in [4.69, 9.17) is 30.5 Å². The van der Waals surface area contributed by atoms with Crippen molar-refractivity contribution in [1.29, 1.82) is 0 Å². The van der Waals surface area contributed by atoms with E-state index in [1.165, 1.54) is 0 Å². The molecule has 34 heavy (non-hydrogen) atoms. The largest absolute Gasteiger partial charge is 0.456 e. The molecule has 3 saturated heterocycles. The molecule has 10 nitrogen and oxygen atoms in total. The van der Waals surface area contributed by atoms with E-state index in [1.54, 1.807) is 13.2 Å². The number of aromatic amines is 1. The van der Waals surface area contributed by atoms with Crippen LogP contribution in [0.25, 0.3) is 22.4 Å². The summed E-state index contributed by atoms with van der Waals surface area (Å²) in [6.07, 6.45) is -2.41. The molecule has 6 rings (SSSR count). The van der Waals surface area contributed by atoms with Crippen LogP contribution in [0, 0.1) is 0 Å². The average Bonchev–Trinajstić information content (AvgIpc) is 3.59. The minimum atomic E-state index is -0.638. The molecule has 11 heteroatoms. The van der Waals surface area contributed by atoms with Crippen molar-refractivity contribution in [2.45, 2.75) is 36.6 Å². The van der Waals surface area contributed by atoms with Crippen molar-refractivity contribution in [3.8, 4) is 17.3 Å². The van der Waals surface area contributed by atoms with Crippen molar-refractivity contribution in [1.82, 2.24) is 15.0 Å². The summed E-state index contributed by atoms with van der Waals surface area (Å²) in [4.78, 5) is 14.3. The molecule has 5 heterocycles. The van der Waals surface area contributed by atoms with Gasteiger partial charge < -0.3 is 39.0 Å². The maximum absolute atomic E-state index is 10.1. The Labute approximate surface area is 200 Å². The van der Waals surface area contributed by atoms with Crippen LogP contribution in [0.5, 0.6) is 6.01 Å². The number of rotatable bonds is 5. The molecule has 0 amide bonds. The van der Waals surface area contributed by atoms with Gasteiger partial charge in [0, 0.05) is 31.5 Å². The molecule has 3 aromatic rings. The van der Waals surface area contributed by atoms with Crippen LogP contribution in [0.2, 0.25) is 5.02 Å². The van der Waals surface area contributed by atoms with Crippen LogP contribution < -0.4 is 9.64 Å². The molecule has 1 aromatic carbocycles. The fraction of sp³-hybridized carbons (Fsp3) is 0.478. The summed E-state index contributed by atoms with van der Waals surface area (Å²) in [5.41, 5.74) is 3.59. The number of H-pyrrole nitrogens is 1. The van der Waals surface area contributed by atoms with Crippen molar-refractivity contribution in [2.75, 3.05) is 38.3 Å². The first-order valence-corrected chi connectivity index (χ1v) is 11.6. The normalized spacial score (nSPS) is 30.9. The van der Waals surface area contributed by atoms with Crippen LogP contribution >= 0.6 is 11.6 Å². The maximum atomic E-state index is 10.1. The van der Waals surface area contributed by atoms with Gasteiger partial charge in [-0.1, -0.05) is 23.7 Å². The molecule has 2 unspecified atom stereocenters. The van der Waals surface area contributed by atoms with Gasteiger partial charge in [0.15, 0.2) is 11.8 Å². The highest BCUT2D eigenvalue weighted by molar-refractivity contribution is 6.33. The molecule has 2 aromatic heterocycles. The Morgan fingerprint density at radius 1 is 1.03 bits per heavy atom. The number of benzene rings is 1. The molecule has 0 bridgehead atoms.